The average Bonchev–Trinajstić information content (AvgIpc) is 3.05. The number of ether oxygens (including phenoxy) is 1. The number of piperidine rings is 1. The van der Waals surface area contributed by atoms with Crippen molar-refractivity contribution in [1.29, 1.82) is 0 Å². The molecule has 10 heteroatoms. The number of nitrogens with one attached hydrogen (secondary N) is 3. The summed E-state index contributed by atoms with van der Waals surface area (Å²) in [5.41, 5.74) is -0.622. The van der Waals surface area contributed by atoms with E-state index in [9.17, 15) is 8.42 Å². The van der Waals surface area contributed by atoms with Crippen molar-refractivity contribution in [2.75, 3.05) is 52.2 Å². The van der Waals surface area contributed by atoms with Crippen LogP contribution in [0.2, 0.25) is 0 Å². The molecule has 0 bridgehead atoms. The quantitative estimate of drug-likeness (QED) is 0.246. The van der Waals surface area contributed by atoms with E-state index in [0.717, 1.165) is 58.2 Å². The van der Waals surface area contributed by atoms with E-state index in [1.165, 1.54) is 12.7 Å². The molecule has 0 saturated carbocycles. The van der Waals surface area contributed by atoms with Crippen LogP contribution in [-0.2, 0) is 14.8 Å². The highest BCUT2D eigenvalue weighted by Crippen LogP contribution is 2.17. The van der Waals surface area contributed by atoms with Gasteiger partial charge in [0.2, 0.25) is 10.0 Å². The van der Waals surface area contributed by atoms with E-state index in [4.69, 9.17) is 4.74 Å². The molecule has 2 rings (SSSR count). The van der Waals surface area contributed by atoms with Crippen LogP contribution in [0, 0.1) is 5.92 Å². The van der Waals surface area contributed by atoms with Crippen molar-refractivity contribution in [2.24, 2.45) is 10.9 Å². The summed E-state index contributed by atoms with van der Waals surface area (Å²) in [4.78, 5) is 7.15. The molecule has 2 aliphatic heterocycles. The Labute approximate surface area is 187 Å². The number of halogens is 1. The molecule has 2 heterocycles. The topological polar surface area (TPSA) is 95.1 Å². The molecule has 0 aromatic heterocycles. The van der Waals surface area contributed by atoms with Crippen LogP contribution in [0.15, 0.2) is 4.99 Å². The predicted molar refractivity (Wildman–Crippen MR) is 125 cm³/mol. The fourth-order valence-electron chi connectivity index (χ4n) is 3.68. The second kappa shape index (κ2) is 11.9. The normalized spacial score (nSPS) is 22.7. The van der Waals surface area contributed by atoms with Gasteiger partial charge in [-0.2, -0.15) is 0 Å². The van der Waals surface area contributed by atoms with Crippen molar-refractivity contribution < 1.29 is 13.2 Å². The smallest absolute Gasteiger partial charge is 0.209 e. The van der Waals surface area contributed by atoms with Crippen LogP contribution in [0.5, 0.6) is 0 Å². The zero-order valence-corrected chi connectivity index (χ0v) is 20.8. The first-order valence-electron chi connectivity index (χ1n) is 10.0. The lowest BCUT2D eigenvalue weighted by Gasteiger charge is -2.34. The number of likely N-dealkylation sites (tertiary alicyclic amines) is 1. The maximum absolute atomic E-state index is 11.5. The maximum Gasteiger partial charge on any atom is 0.209 e. The van der Waals surface area contributed by atoms with Crippen LogP contribution >= 0.6 is 24.0 Å². The number of nitrogens with zero attached hydrogens (tertiary/aromatic N) is 2. The molecule has 0 spiro atoms. The lowest BCUT2D eigenvalue weighted by atomic mass is 10.0. The summed E-state index contributed by atoms with van der Waals surface area (Å²) in [6.07, 6.45) is 4.53. The van der Waals surface area contributed by atoms with Crippen LogP contribution in [0.4, 0.5) is 0 Å². The van der Waals surface area contributed by atoms with Crippen molar-refractivity contribution in [3.8, 4) is 0 Å². The van der Waals surface area contributed by atoms with Gasteiger partial charge in [-0.15, -0.1) is 24.0 Å². The third kappa shape index (κ3) is 10.0. The summed E-state index contributed by atoms with van der Waals surface area (Å²) in [5.74, 6) is 1.45. The average molecular weight is 532 g/mol. The van der Waals surface area contributed by atoms with Crippen molar-refractivity contribution in [3.05, 3.63) is 0 Å². The number of rotatable bonds is 8. The maximum atomic E-state index is 11.5. The van der Waals surface area contributed by atoms with E-state index in [1.54, 1.807) is 0 Å². The number of aliphatic imine (C=N–C) groups is 1. The van der Waals surface area contributed by atoms with E-state index in [1.807, 2.05) is 20.8 Å². The van der Waals surface area contributed by atoms with E-state index in [2.05, 4.69) is 25.2 Å². The van der Waals surface area contributed by atoms with Crippen molar-refractivity contribution in [1.82, 2.24) is 20.3 Å². The highest BCUT2D eigenvalue weighted by atomic mass is 127. The van der Waals surface area contributed by atoms with Crippen LogP contribution < -0.4 is 15.4 Å². The molecule has 8 nitrogen and oxygen atoms in total. The molecule has 28 heavy (non-hydrogen) atoms. The molecule has 0 amide bonds. The molecule has 3 N–H and O–H groups in total. The summed E-state index contributed by atoms with van der Waals surface area (Å²) < 4.78 is 31.1. The van der Waals surface area contributed by atoms with E-state index in [-0.39, 0.29) is 24.0 Å². The van der Waals surface area contributed by atoms with Gasteiger partial charge in [0.15, 0.2) is 5.96 Å². The third-order valence-corrected chi connectivity index (χ3v) is 5.83. The van der Waals surface area contributed by atoms with Crippen LogP contribution in [0.25, 0.3) is 0 Å². The molecular weight excluding hydrogens is 493 g/mol. The summed E-state index contributed by atoms with van der Waals surface area (Å²) in [5, 5.41) is 6.78. The Balaban J connectivity index is 0.00000392. The molecule has 0 aromatic carbocycles. The van der Waals surface area contributed by atoms with Crippen LogP contribution in [-0.4, -0.2) is 83.1 Å². The standard InChI is InChI=1S/C18H37N5O3S.HI/c1-5-19-17(20-14-18(2,3)22-27(4,24)25)21-16-6-9-23(10-7-16)12-15-8-11-26-13-15;/h15-16,22H,5-14H2,1-4H3,(H2,19,20,21);1H. The minimum atomic E-state index is -3.26. The molecule has 1 unspecified atom stereocenters. The largest absolute Gasteiger partial charge is 0.381 e. The van der Waals surface area contributed by atoms with Gasteiger partial charge < -0.3 is 20.3 Å². The highest BCUT2D eigenvalue weighted by molar-refractivity contribution is 14.0. The fourth-order valence-corrected chi connectivity index (χ4v) is 4.74. The number of hydrogen-bond acceptors (Lipinski definition) is 5. The Morgan fingerprint density at radius 2 is 1.93 bits per heavy atom. The molecule has 166 valence electrons. The molecule has 2 saturated heterocycles. The Morgan fingerprint density at radius 3 is 2.46 bits per heavy atom. The molecule has 2 fully saturated rings. The van der Waals surface area contributed by atoms with Gasteiger partial charge in [-0.05, 0) is 46.0 Å². The van der Waals surface area contributed by atoms with Gasteiger partial charge in [0.25, 0.3) is 0 Å². The Kier molecular flexibility index (Phi) is 11.0. The highest BCUT2D eigenvalue weighted by Gasteiger charge is 2.25. The number of hydrogen-bond donors (Lipinski definition) is 3. The molecular formula is C18H38IN5O3S. The van der Waals surface area contributed by atoms with Gasteiger partial charge in [0, 0.05) is 44.4 Å². The Bertz CT molecular complexity index is 586. The first-order valence-corrected chi connectivity index (χ1v) is 11.9. The minimum absolute atomic E-state index is 0. The van der Waals surface area contributed by atoms with E-state index in [0.29, 0.717) is 18.5 Å². The van der Waals surface area contributed by atoms with E-state index < -0.39 is 15.6 Å². The number of guanidine groups is 1. The summed E-state index contributed by atoms with van der Waals surface area (Å²) in [6, 6.07) is 0.393. The first-order chi connectivity index (χ1) is 12.7. The second-order valence-electron chi connectivity index (χ2n) is 8.40. The third-order valence-electron chi connectivity index (χ3n) is 4.91. The fraction of sp³-hybridized carbons (Fsp3) is 0.944. The second-order valence-corrected chi connectivity index (χ2v) is 10.2. The predicted octanol–water partition coefficient (Wildman–Crippen LogP) is 0.988. The minimum Gasteiger partial charge on any atom is -0.381 e. The molecule has 0 aliphatic carbocycles. The van der Waals surface area contributed by atoms with Gasteiger partial charge in [0.05, 0.1) is 19.4 Å². The summed E-state index contributed by atoms with van der Waals surface area (Å²) >= 11 is 0. The van der Waals surface area contributed by atoms with Crippen molar-refractivity contribution in [2.45, 2.75) is 51.6 Å². The SMILES string of the molecule is CCNC(=NCC(C)(C)NS(C)(=O)=O)NC1CCN(CC2CCOC2)CC1.I. The lowest BCUT2D eigenvalue weighted by Crippen LogP contribution is -2.50. The first kappa shape index (κ1) is 25.9. The Morgan fingerprint density at radius 1 is 1.25 bits per heavy atom. The van der Waals surface area contributed by atoms with Gasteiger partial charge in [-0.25, -0.2) is 13.1 Å². The van der Waals surface area contributed by atoms with Gasteiger partial charge in [-0.1, -0.05) is 0 Å². The zero-order chi connectivity index (χ0) is 19.9. The molecule has 2 aliphatic rings. The summed E-state index contributed by atoms with van der Waals surface area (Å²) in [7, 11) is -3.26. The molecule has 0 aromatic rings. The molecule has 0 radical (unpaired) electrons. The lowest BCUT2D eigenvalue weighted by molar-refractivity contribution is 0.150. The summed E-state index contributed by atoms with van der Waals surface area (Å²) in [6.45, 7) is 12.0. The van der Waals surface area contributed by atoms with Crippen LogP contribution in [0.3, 0.4) is 0 Å². The zero-order valence-electron chi connectivity index (χ0n) is 17.7. The van der Waals surface area contributed by atoms with Crippen molar-refractivity contribution >= 4 is 40.0 Å². The molecule has 1 atom stereocenters. The van der Waals surface area contributed by atoms with Gasteiger partial charge in [0.1, 0.15) is 0 Å². The van der Waals surface area contributed by atoms with Gasteiger partial charge in [-0.3, -0.25) is 4.99 Å². The monoisotopic (exact) mass is 531 g/mol. The van der Waals surface area contributed by atoms with Gasteiger partial charge >= 0.3 is 0 Å². The van der Waals surface area contributed by atoms with E-state index >= 15 is 0 Å². The van der Waals surface area contributed by atoms with Crippen LogP contribution in [0.1, 0.15) is 40.0 Å². The number of sulfonamides is 1. The van der Waals surface area contributed by atoms with Crippen molar-refractivity contribution in [3.63, 3.8) is 0 Å². The Hall–Kier alpha value is -0.170.